The van der Waals surface area contributed by atoms with Gasteiger partial charge in [-0.25, -0.2) is 0 Å². The molecule has 0 bridgehead atoms. The van der Waals surface area contributed by atoms with Crippen LogP contribution in [0.25, 0.3) is 11.5 Å². The topological polar surface area (TPSA) is 62.5 Å². The van der Waals surface area contributed by atoms with Crippen molar-refractivity contribution in [2.45, 2.75) is 27.3 Å². The molecule has 0 aliphatic carbocycles. The van der Waals surface area contributed by atoms with E-state index >= 15 is 0 Å². The number of hydrogen-bond donors (Lipinski definition) is 0. The molecule has 1 amide bonds. The molecule has 0 N–H and O–H groups in total. The molecule has 2 aromatic carbocycles. The number of amides is 1. The van der Waals surface area contributed by atoms with Crippen LogP contribution in [0.3, 0.4) is 0 Å². The van der Waals surface area contributed by atoms with E-state index in [4.69, 9.17) is 4.52 Å². The summed E-state index contributed by atoms with van der Waals surface area (Å²) in [4.78, 5) is 21.6. The van der Waals surface area contributed by atoms with Crippen molar-refractivity contribution >= 4 is 5.91 Å². The molecule has 1 aromatic heterocycles. The quantitative estimate of drug-likeness (QED) is 0.681. The molecule has 6 heteroatoms. The highest BCUT2D eigenvalue weighted by Crippen LogP contribution is 2.20. The Bertz CT molecular complexity index is 1020. The molecule has 0 spiro atoms. The van der Waals surface area contributed by atoms with Crippen LogP contribution in [0.2, 0.25) is 0 Å². The van der Waals surface area contributed by atoms with Gasteiger partial charge in [0.05, 0.1) is 6.54 Å². The van der Waals surface area contributed by atoms with Crippen molar-refractivity contribution in [2.75, 3.05) is 26.2 Å². The first-order valence-electron chi connectivity index (χ1n) is 9.99. The van der Waals surface area contributed by atoms with Crippen molar-refractivity contribution < 1.29 is 9.32 Å². The maximum atomic E-state index is 12.9. The van der Waals surface area contributed by atoms with E-state index in [2.05, 4.69) is 15.0 Å². The van der Waals surface area contributed by atoms with Gasteiger partial charge in [-0.1, -0.05) is 35.0 Å². The van der Waals surface area contributed by atoms with Gasteiger partial charge in [0.15, 0.2) is 5.82 Å². The Morgan fingerprint density at radius 3 is 2.55 bits per heavy atom. The Balaban J connectivity index is 1.36. The molecular weight excluding hydrogens is 364 g/mol. The molecule has 1 saturated heterocycles. The maximum absolute atomic E-state index is 12.9. The summed E-state index contributed by atoms with van der Waals surface area (Å²) in [7, 11) is 0. The molecule has 1 aliphatic rings. The predicted molar refractivity (Wildman–Crippen MR) is 112 cm³/mol. The highest BCUT2D eigenvalue weighted by Gasteiger charge is 2.24. The van der Waals surface area contributed by atoms with E-state index in [9.17, 15) is 4.79 Å². The lowest BCUT2D eigenvalue weighted by Gasteiger charge is -2.34. The smallest absolute Gasteiger partial charge is 0.257 e. The Hall–Kier alpha value is -2.99. The standard InChI is InChI=1S/C23H26N4O2/c1-16-6-4-8-19(14-16)22-24-21(25-29-22)15-26-10-12-27(13-11-26)23(28)20-9-5-7-17(2)18(20)3/h4-9,14H,10-13,15H2,1-3H3. The van der Waals surface area contributed by atoms with Crippen molar-refractivity contribution in [3.63, 3.8) is 0 Å². The average Bonchev–Trinajstić information content (AvgIpc) is 3.19. The van der Waals surface area contributed by atoms with E-state index in [0.717, 1.165) is 40.9 Å². The minimum atomic E-state index is 0.118. The second-order valence-electron chi connectivity index (χ2n) is 7.70. The Morgan fingerprint density at radius 1 is 1.03 bits per heavy atom. The van der Waals surface area contributed by atoms with E-state index in [1.54, 1.807) is 0 Å². The third kappa shape index (κ3) is 4.22. The third-order valence-corrected chi connectivity index (χ3v) is 5.59. The first kappa shape index (κ1) is 19.3. The Kier molecular flexibility index (Phi) is 5.45. The summed E-state index contributed by atoms with van der Waals surface area (Å²) < 4.78 is 5.44. The first-order valence-corrected chi connectivity index (χ1v) is 9.99. The molecule has 1 fully saturated rings. The SMILES string of the molecule is Cc1cccc(-c2nc(CN3CCN(C(=O)c4cccc(C)c4C)CC3)no2)c1. The highest BCUT2D eigenvalue weighted by atomic mass is 16.5. The third-order valence-electron chi connectivity index (χ3n) is 5.59. The van der Waals surface area contributed by atoms with Crippen molar-refractivity contribution in [1.82, 2.24) is 19.9 Å². The van der Waals surface area contributed by atoms with Crippen LogP contribution in [0.15, 0.2) is 47.0 Å². The molecular formula is C23H26N4O2. The zero-order chi connectivity index (χ0) is 20.4. The maximum Gasteiger partial charge on any atom is 0.257 e. The second kappa shape index (κ2) is 8.17. The van der Waals surface area contributed by atoms with Crippen molar-refractivity contribution in [3.05, 3.63) is 70.5 Å². The molecule has 4 rings (SSSR count). The number of carbonyl (C=O) groups is 1. The largest absolute Gasteiger partial charge is 0.336 e. The van der Waals surface area contributed by atoms with Crippen LogP contribution in [0.4, 0.5) is 0 Å². The van der Waals surface area contributed by atoms with Crippen molar-refractivity contribution in [1.29, 1.82) is 0 Å². The number of carbonyl (C=O) groups excluding carboxylic acids is 1. The van der Waals surface area contributed by atoms with Gasteiger partial charge in [0, 0.05) is 37.3 Å². The fourth-order valence-corrected chi connectivity index (χ4v) is 3.68. The van der Waals surface area contributed by atoms with E-state index in [1.165, 1.54) is 0 Å². The molecule has 1 aliphatic heterocycles. The van der Waals surface area contributed by atoms with Gasteiger partial charge in [-0.2, -0.15) is 4.98 Å². The number of rotatable bonds is 4. The van der Waals surface area contributed by atoms with E-state index < -0.39 is 0 Å². The highest BCUT2D eigenvalue weighted by molar-refractivity contribution is 5.96. The molecule has 2 heterocycles. The number of hydrogen-bond acceptors (Lipinski definition) is 5. The summed E-state index contributed by atoms with van der Waals surface area (Å²) in [6, 6.07) is 14.0. The first-order chi connectivity index (χ1) is 14.0. The second-order valence-corrected chi connectivity index (χ2v) is 7.70. The van der Waals surface area contributed by atoms with Gasteiger partial charge in [-0.15, -0.1) is 0 Å². The minimum Gasteiger partial charge on any atom is -0.336 e. The zero-order valence-corrected chi connectivity index (χ0v) is 17.2. The minimum absolute atomic E-state index is 0.118. The lowest BCUT2D eigenvalue weighted by molar-refractivity contribution is 0.0623. The van der Waals surface area contributed by atoms with Gasteiger partial charge in [-0.05, 0) is 50.1 Å². The van der Waals surface area contributed by atoms with Crippen LogP contribution >= 0.6 is 0 Å². The molecule has 0 saturated carbocycles. The molecule has 3 aromatic rings. The van der Waals surface area contributed by atoms with E-state index in [-0.39, 0.29) is 5.91 Å². The Labute approximate surface area is 171 Å². The van der Waals surface area contributed by atoms with Gasteiger partial charge in [0.1, 0.15) is 0 Å². The van der Waals surface area contributed by atoms with E-state index in [1.807, 2.05) is 68.1 Å². The molecule has 0 atom stereocenters. The molecule has 6 nitrogen and oxygen atoms in total. The molecule has 0 unspecified atom stereocenters. The van der Waals surface area contributed by atoms with Crippen molar-refractivity contribution in [3.8, 4) is 11.5 Å². The average molecular weight is 390 g/mol. The number of nitrogens with zero attached hydrogens (tertiary/aromatic N) is 4. The summed E-state index contributed by atoms with van der Waals surface area (Å²) in [6.07, 6.45) is 0. The number of aryl methyl sites for hydroxylation is 2. The summed E-state index contributed by atoms with van der Waals surface area (Å²) in [5.41, 5.74) is 5.12. The number of benzene rings is 2. The molecule has 29 heavy (non-hydrogen) atoms. The lowest BCUT2D eigenvalue weighted by atomic mass is 10.0. The summed E-state index contributed by atoms with van der Waals surface area (Å²) in [5, 5.41) is 4.13. The van der Waals surface area contributed by atoms with Crippen molar-refractivity contribution in [2.24, 2.45) is 0 Å². The van der Waals surface area contributed by atoms with Gasteiger partial charge >= 0.3 is 0 Å². The van der Waals surface area contributed by atoms with Crippen LogP contribution in [0.1, 0.15) is 32.9 Å². The molecule has 150 valence electrons. The Morgan fingerprint density at radius 2 is 1.79 bits per heavy atom. The van der Waals surface area contributed by atoms with Crippen LogP contribution < -0.4 is 0 Å². The van der Waals surface area contributed by atoms with E-state index in [0.29, 0.717) is 31.3 Å². The number of aromatic nitrogens is 2. The fraction of sp³-hybridized carbons (Fsp3) is 0.348. The summed E-state index contributed by atoms with van der Waals surface area (Å²) >= 11 is 0. The van der Waals surface area contributed by atoms with Crippen LogP contribution in [0.5, 0.6) is 0 Å². The lowest BCUT2D eigenvalue weighted by Crippen LogP contribution is -2.48. The summed E-state index contributed by atoms with van der Waals surface area (Å²) in [6.45, 7) is 9.72. The van der Waals surface area contributed by atoms with Crippen LogP contribution in [-0.2, 0) is 6.54 Å². The van der Waals surface area contributed by atoms with Crippen LogP contribution in [0, 0.1) is 20.8 Å². The fourth-order valence-electron chi connectivity index (χ4n) is 3.68. The summed E-state index contributed by atoms with van der Waals surface area (Å²) in [5.74, 6) is 1.34. The van der Waals surface area contributed by atoms with Gasteiger partial charge in [0.25, 0.3) is 11.8 Å². The van der Waals surface area contributed by atoms with Gasteiger partial charge in [-0.3, -0.25) is 9.69 Å². The monoisotopic (exact) mass is 390 g/mol. The molecule has 0 radical (unpaired) electrons. The normalized spacial score (nSPS) is 14.9. The number of piperazine rings is 1. The van der Waals surface area contributed by atoms with Gasteiger partial charge < -0.3 is 9.42 Å². The zero-order valence-electron chi connectivity index (χ0n) is 17.2. The predicted octanol–water partition coefficient (Wildman–Crippen LogP) is 3.62. The van der Waals surface area contributed by atoms with Crippen LogP contribution in [-0.4, -0.2) is 52.0 Å². The van der Waals surface area contributed by atoms with Gasteiger partial charge in [0.2, 0.25) is 0 Å².